The van der Waals surface area contributed by atoms with Crippen molar-refractivity contribution >= 4 is 63.4 Å². The van der Waals surface area contributed by atoms with E-state index in [1.54, 1.807) is 13.1 Å². The predicted molar refractivity (Wildman–Crippen MR) is 145 cm³/mol. The number of rotatable bonds is 10. The average Bonchev–Trinajstić information content (AvgIpc) is 3.57. The smallest absolute Gasteiger partial charge is 0.352 e. The number of carbonyl (C=O) groups is 4. The number of carbonyl (C=O) groups excluding carboxylic acids is 3. The van der Waals surface area contributed by atoms with Crippen molar-refractivity contribution in [3.8, 4) is 0 Å². The fraction of sp³-hybridized carbons (Fsp3) is 0.348. The minimum atomic E-state index is -1.24. The molecule has 0 radical (unpaired) electrons. The Morgan fingerprint density at radius 1 is 1.38 bits per heavy atom. The Bertz CT molecular complexity index is 1420. The van der Waals surface area contributed by atoms with Crippen LogP contribution in [0.5, 0.6) is 0 Å². The van der Waals surface area contributed by atoms with E-state index in [0.717, 1.165) is 22.7 Å². The number of thiazole rings is 1. The van der Waals surface area contributed by atoms with Crippen LogP contribution in [0.25, 0.3) is 0 Å². The molecule has 2 amide bonds. The Labute approximate surface area is 235 Å². The van der Waals surface area contributed by atoms with Crippen LogP contribution < -0.4 is 16.4 Å². The molecule has 210 valence electrons. The zero-order valence-corrected chi connectivity index (χ0v) is 22.7. The highest BCUT2D eigenvalue weighted by Crippen LogP contribution is 2.40. The van der Waals surface area contributed by atoms with Gasteiger partial charge in [-0.05, 0) is 18.6 Å². The fourth-order valence-corrected chi connectivity index (χ4v) is 6.18. The molecule has 5 rings (SSSR count). The maximum Gasteiger partial charge on any atom is 0.352 e. The molecule has 4 aliphatic rings. The summed E-state index contributed by atoms with van der Waals surface area (Å²) in [6.45, 7) is 1.98. The van der Waals surface area contributed by atoms with E-state index in [9.17, 15) is 24.3 Å². The summed E-state index contributed by atoms with van der Waals surface area (Å²) in [7, 11) is 0. The highest BCUT2D eigenvalue weighted by atomic mass is 32.2. The van der Waals surface area contributed by atoms with Crippen molar-refractivity contribution in [3.05, 3.63) is 46.5 Å². The molecule has 0 aliphatic carbocycles. The molecule has 2 atom stereocenters. The molecule has 5 heterocycles. The normalized spacial score (nSPS) is 21.5. The van der Waals surface area contributed by atoms with Gasteiger partial charge in [0.15, 0.2) is 10.8 Å². The number of amides is 2. The number of β-lactam (4-membered cyclic amide) rings is 1. The van der Waals surface area contributed by atoms with Crippen LogP contribution in [0.15, 0.2) is 51.0 Å². The molecule has 40 heavy (non-hydrogen) atoms. The van der Waals surface area contributed by atoms with Gasteiger partial charge in [0.25, 0.3) is 11.8 Å². The maximum absolute atomic E-state index is 13.2. The van der Waals surface area contributed by atoms with Gasteiger partial charge in [-0.2, -0.15) is 0 Å². The van der Waals surface area contributed by atoms with Gasteiger partial charge in [0, 0.05) is 30.1 Å². The first kappa shape index (κ1) is 27.2. The van der Waals surface area contributed by atoms with Crippen LogP contribution >= 0.6 is 23.1 Å². The number of aliphatic imine (C=N–C) groups is 1. The van der Waals surface area contributed by atoms with Gasteiger partial charge in [-0.25, -0.2) is 14.6 Å². The topological polar surface area (TPSA) is 201 Å². The Balaban J connectivity index is 1.30. The van der Waals surface area contributed by atoms with Gasteiger partial charge in [-0.15, -0.1) is 23.1 Å². The molecular formula is C23H24N8O7S2. The second-order valence-electron chi connectivity index (χ2n) is 8.62. The Hall–Kier alpha value is -4.38. The molecule has 0 aromatic carbocycles. The van der Waals surface area contributed by atoms with Crippen molar-refractivity contribution in [2.75, 3.05) is 37.9 Å². The Morgan fingerprint density at radius 3 is 2.92 bits per heavy atom. The SMILES string of the molecule is CCOC(=O)CON=C(C(=O)NC1C(=O)N2C(C(=O)O)=C(CN3C=CC4=NCNC4=C3)CS[C@H]12)c1csc(N)n1. The van der Waals surface area contributed by atoms with Crippen LogP contribution in [0, 0.1) is 0 Å². The minimum absolute atomic E-state index is 0.0888. The largest absolute Gasteiger partial charge is 0.477 e. The van der Waals surface area contributed by atoms with Crippen LogP contribution in [-0.4, -0.2) is 98.7 Å². The number of nitrogen functional groups attached to an aromatic ring is 1. The number of hydrogen-bond acceptors (Lipinski definition) is 14. The number of thioether (sulfide) groups is 1. The van der Waals surface area contributed by atoms with Gasteiger partial charge in [0.05, 0.1) is 18.0 Å². The molecule has 1 saturated heterocycles. The Morgan fingerprint density at radius 2 is 2.20 bits per heavy atom. The van der Waals surface area contributed by atoms with E-state index in [2.05, 4.69) is 25.8 Å². The van der Waals surface area contributed by atoms with E-state index in [1.807, 2.05) is 17.2 Å². The van der Waals surface area contributed by atoms with Crippen molar-refractivity contribution in [1.29, 1.82) is 0 Å². The molecule has 17 heteroatoms. The van der Waals surface area contributed by atoms with Gasteiger partial charge in [0.2, 0.25) is 6.61 Å². The van der Waals surface area contributed by atoms with E-state index in [1.165, 1.54) is 22.0 Å². The van der Waals surface area contributed by atoms with Gasteiger partial charge >= 0.3 is 11.9 Å². The van der Waals surface area contributed by atoms with Crippen LogP contribution in [0.1, 0.15) is 12.6 Å². The van der Waals surface area contributed by atoms with Gasteiger partial charge < -0.3 is 35.9 Å². The summed E-state index contributed by atoms with van der Waals surface area (Å²) in [6, 6.07) is -1.02. The first-order valence-electron chi connectivity index (χ1n) is 12.0. The third kappa shape index (κ3) is 5.37. The summed E-state index contributed by atoms with van der Waals surface area (Å²) in [5, 5.41) is 20.5. The molecule has 1 aromatic heterocycles. The summed E-state index contributed by atoms with van der Waals surface area (Å²) in [4.78, 5) is 66.5. The average molecular weight is 589 g/mol. The lowest BCUT2D eigenvalue weighted by atomic mass is 10.0. The first-order chi connectivity index (χ1) is 19.3. The molecule has 0 spiro atoms. The van der Waals surface area contributed by atoms with Crippen molar-refractivity contribution in [1.82, 2.24) is 25.4 Å². The van der Waals surface area contributed by atoms with E-state index in [0.29, 0.717) is 18.0 Å². The number of fused-ring (bicyclic) bond motifs is 2. The number of aliphatic carboxylic acids is 1. The lowest BCUT2D eigenvalue weighted by Crippen LogP contribution is -2.71. The molecule has 1 fully saturated rings. The van der Waals surface area contributed by atoms with Crippen molar-refractivity contribution < 1.29 is 33.9 Å². The number of nitrogens with zero attached hydrogens (tertiary/aromatic N) is 5. The van der Waals surface area contributed by atoms with Crippen LogP contribution in [-0.2, 0) is 28.8 Å². The number of carboxylic acid groups (broad SMARTS) is 1. The molecule has 5 N–H and O–H groups in total. The number of nitrogens with one attached hydrogen (secondary N) is 2. The zero-order chi connectivity index (χ0) is 28.4. The number of anilines is 1. The summed E-state index contributed by atoms with van der Waals surface area (Å²) < 4.78 is 4.77. The number of carboxylic acids is 1. The molecule has 0 bridgehead atoms. The summed E-state index contributed by atoms with van der Waals surface area (Å²) >= 11 is 2.40. The van der Waals surface area contributed by atoms with Crippen LogP contribution in [0.4, 0.5) is 5.13 Å². The maximum atomic E-state index is 13.2. The quantitative estimate of drug-likeness (QED) is 0.117. The number of allylic oxidation sites excluding steroid dienone is 1. The van der Waals surface area contributed by atoms with E-state index in [-0.39, 0.29) is 35.4 Å². The van der Waals surface area contributed by atoms with Gasteiger partial charge in [0.1, 0.15) is 29.5 Å². The van der Waals surface area contributed by atoms with Gasteiger partial charge in [-0.3, -0.25) is 19.5 Å². The van der Waals surface area contributed by atoms with Crippen LogP contribution in [0.2, 0.25) is 0 Å². The van der Waals surface area contributed by atoms with E-state index < -0.39 is 41.8 Å². The third-order valence-electron chi connectivity index (χ3n) is 6.05. The van der Waals surface area contributed by atoms with Crippen molar-refractivity contribution in [3.63, 3.8) is 0 Å². The first-order valence-corrected chi connectivity index (χ1v) is 13.9. The highest BCUT2D eigenvalue weighted by Gasteiger charge is 2.54. The number of hydrogen-bond donors (Lipinski definition) is 4. The molecule has 1 aromatic rings. The lowest BCUT2D eigenvalue weighted by molar-refractivity contribution is -0.150. The summed E-state index contributed by atoms with van der Waals surface area (Å²) in [6.07, 6.45) is 5.47. The highest BCUT2D eigenvalue weighted by molar-refractivity contribution is 8.00. The number of esters is 1. The number of oxime groups is 1. The standard InChI is InChI=1S/C23H24N8O7S2/c1-2-37-15(32)7-38-29-16(14-9-40-23(24)27-14)19(33)28-17-20(34)31-18(22(35)36)11(8-39-21(17)31)5-30-4-3-12-13(6-30)26-10-25-12/h3-4,6,9,17,21,26H,2,5,7-8,10H2,1H3,(H2,24,27)(H,28,33)(H,35,36)/t17?,21-/m1/s1. The zero-order valence-electron chi connectivity index (χ0n) is 21.0. The summed E-state index contributed by atoms with van der Waals surface area (Å²) in [5.41, 5.74) is 7.60. The molecular weight excluding hydrogens is 564 g/mol. The fourth-order valence-electron chi connectivity index (χ4n) is 4.30. The predicted octanol–water partition coefficient (Wildman–Crippen LogP) is -0.580. The molecule has 1 unspecified atom stereocenters. The molecule has 0 saturated carbocycles. The Kier molecular flexibility index (Phi) is 7.74. The number of nitrogens with two attached hydrogens (primary N) is 1. The lowest BCUT2D eigenvalue weighted by Gasteiger charge is -2.49. The number of aromatic nitrogens is 1. The van der Waals surface area contributed by atoms with E-state index >= 15 is 0 Å². The second kappa shape index (κ2) is 11.4. The van der Waals surface area contributed by atoms with E-state index in [4.69, 9.17) is 15.3 Å². The van der Waals surface area contributed by atoms with Crippen molar-refractivity contribution in [2.24, 2.45) is 10.1 Å². The van der Waals surface area contributed by atoms with Crippen molar-refractivity contribution in [2.45, 2.75) is 18.3 Å². The number of ether oxygens (including phenoxy) is 1. The minimum Gasteiger partial charge on any atom is -0.477 e. The molecule has 15 nitrogen and oxygen atoms in total. The molecule has 4 aliphatic heterocycles. The second-order valence-corrected chi connectivity index (χ2v) is 10.6. The monoisotopic (exact) mass is 588 g/mol. The third-order valence-corrected chi connectivity index (χ3v) is 8.06. The van der Waals surface area contributed by atoms with Gasteiger partial charge in [-0.1, -0.05) is 5.16 Å². The van der Waals surface area contributed by atoms with Crippen LogP contribution in [0.3, 0.4) is 0 Å². The summed E-state index contributed by atoms with van der Waals surface area (Å²) in [5.74, 6) is -2.96.